The van der Waals surface area contributed by atoms with Crippen molar-refractivity contribution in [3.8, 4) is 0 Å². The second kappa shape index (κ2) is 7.78. The topological polar surface area (TPSA) is 104 Å². The molecule has 0 radical (unpaired) electrons. The molecule has 0 saturated heterocycles. The standard InChI is InChI=1S/C12H18F3N3O4S2/c1-9(16-2)7-17-23(19,20)10-3-5-11(6-4-10)24(21,22)18-8-12(13,14)15/h3-6,9,16-18H,7-8H2,1-2H3. The van der Waals surface area contributed by atoms with Gasteiger partial charge in [0.2, 0.25) is 20.0 Å². The molecule has 0 bridgehead atoms. The van der Waals surface area contributed by atoms with E-state index in [4.69, 9.17) is 0 Å². The lowest BCUT2D eigenvalue weighted by molar-refractivity contribution is -0.121. The first-order valence-electron chi connectivity index (χ1n) is 6.71. The number of benzene rings is 1. The van der Waals surface area contributed by atoms with Gasteiger partial charge < -0.3 is 5.32 Å². The molecule has 0 aromatic heterocycles. The van der Waals surface area contributed by atoms with Crippen LogP contribution in [0.3, 0.4) is 0 Å². The summed E-state index contributed by atoms with van der Waals surface area (Å²) >= 11 is 0. The van der Waals surface area contributed by atoms with Gasteiger partial charge in [-0.3, -0.25) is 0 Å². The third-order valence-electron chi connectivity index (χ3n) is 2.98. The van der Waals surface area contributed by atoms with Crippen LogP contribution in [0.5, 0.6) is 0 Å². The number of sulfonamides is 2. The van der Waals surface area contributed by atoms with Crippen molar-refractivity contribution in [2.45, 2.75) is 28.9 Å². The smallest absolute Gasteiger partial charge is 0.316 e. The Kier molecular flexibility index (Phi) is 6.75. The van der Waals surface area contributed by atoms with E-state index in [2.05, 4.69) is 10.0 Å². The van der Waals surface area contributed by atoms with Crippen molar-refractivity contribution in [2.24, 2.45) is 0 Å². The Balaban J connectivity index is 2.88. The molecular formula is C12H18F3N3O4S2. The van der Waals surface area contributed by atoms with Crippen LogP contribution in [0.2, 0.25) is 0 Å². The van der Waals surface area contributed by atoms with E-state index in [1.807, 2.05) is 0 Å². The molecule has 1 atom stereocenters. The molecule has 0 aliphatic heterocycles. The minimum Gasteiger partial charge on any atom is -0.316 e. The number of hydrogen-bond donors (Lipinski definition) is 3. The van der Waals surface area contributed by atoms with Gasteiger partial charge in [-0.2, -0.15) is 13.2 Å². The predicted molar refractivity (Wildman–Crippen MR) is 81.4 cm³/mol. The van der Waals surface area contributed by atoms with E-state index in [-0.39, 0.29) is 17.5 Å². The van der Waals surface area contributed by atoms with Gasteiger partial charge in [0, 0.05) is 12.6 Å². The molecule has 0 heterocycles. The molecule has 138 valence electrons. The first-order valence-corrected chi connectivity index (χ1v) is 9.67. The van der Waals surface area contributed by atoms with Crippen molar-refractivity contribution >= 4 is 20.0 Å². The van der Waals surface area contributed by atoms with Crippen molar-refractivity contribution < 1.29 is 30.0 Å². The Labute approximate surface area is 138 Å². The zero-order chi connectivity index (χ0) is 18.6. The quantitative estimate of drug-likeness (QED) is 0.598. The van der Waals surface area contributed by atoms with Crippen LogP contribution >= 0.6 is 0 Å². The van der Waals surface area contributed by atoms with Crippen LogP contribution in [-0.4, -0.2) is 49.2 Å². The second-order valence-electron chi connectivity index (χ2n) is 4.95. The van der Waals surface area contributed by atoms with E-state index in [1.165, 1.54) is 4.72 Å². The molecule has 1 rings (SSSR count). The Morgan fingerprint density at radius 3 is 1.75 bits per heavy atom. The van der Waals surface area contributed by atoms with E-state index < -0.39 is 37.7 Å². The fourth-order valence-electron chi connectivity index (χ4n) is 1.48. The maximum atomic E-state index is 12.1. The lowest BCUT2D eigenvalue weighted by atomic mass is 10.4. The fourth-order valence-corrected chi connectivity index (χ4v) is 3.62. The first-order chi connectivity index (χ1) is 10.9. The highest BCUT2D eigenvalue weighted by molar-refractivity contribution is 7.90. The summed E-state index contributed by atoms with van der Waals surface area (Å²) in [6.07, 6.45) is -4.69. The molecule has 0 fully saturated rings. The average Bonchev–Trinajstić information content (AvgIpc) is 2.50. The van der Waals surface area contributed by atoms with Crippen LogP contribution in [0.15, 0.2) is 34.1 Å². The van der Waals surface area contributed by atoms with Gasteiger partial charge in [-0.15, -0.1) is 0 Å². The molecule has 0 spiro atoms. The molecule has 24 heavy (non-hydrogen) atoms. The average molecular weight is 389 g/mol. The van der Waals surface area contributed by atoms with E-state index in [0.29, 0.717) is 0 Å². The number of likely N-dealkylation sites (N-methyl/N-ethyl adjacent to an activating group) is 1. The van der Waals surface area contributed by atoms with Gasteiger partial charge in [0.05, 0.1) is 9.79 Å². The van der Waals surface area contributed by atoms with Crippen LogP contribution in [0.1, 0.15) is 6.92 Å². The van der Waals surface area contributed by atoms with E-state index in [1.54, 1.807) is 14.0 Å². The Bertz CT molecular complexity index is 747. The first kappa shape index (κ1) is 20.8. The van der Waals surface area contributed by atoms with Crippen LogP contribution in [0, 0.1) is 0 Å². The van der Waals surface area contributed by atoms with Gasteiger partial charge >= 0.3 is 6.18 Å². The Morgan fingerprint density at radius 1 is 0.958 bits per heavy atom. The largest absolute Gasteiger partial charge is 0.402 e. The van der Waals surface area contributed by atoms with Crippen LogP contribution in [-0.2, 0) is 20.0 Å². The maximum Gasteiger partial charge on any atom is 0.402 e. The molecule has 0 saturated carbocycles. The minimum absolute atomic E-state index is 0.117. The van der Waals surface area contributed by atoms with Gasteiger partial charge in [0.25, 0.3) is 0 Å². The molecule has 3 N–H and O–H groups in total. The highest BCUT2D eigenvalue weighted by Crippen LogP contribution is 2.17. The van der Waals surface area contributed by atoms with Crippen molar-refractivity contribution in [1.29, 1.82) is 0 Å². The fraction of sp³-hybridized carbons (Fsp3) is 0.500. The second-order valence-corrected chi connectivity index (χ2v) is 8.49. The van der Waals surface area contributed by atoms with Gasteiger partial charge in [-0.1, -0.05) is 0 Å². The summed E-state index contributed by atoms with van der Waals surface area (Å²) in [5.41, 5.74) is 0. The number of nitrogens with one attached hydrogen (secondary N) is 3. The molecular weight excluding hydrogens is 371 g/mol. The summed E-state index contributed by atoms with van der Waals surface area (Å²) in [6, 6.07) is 3.75. The molecule has 1 unspecified atom stereocenters. The van der Waals surface area contributed by atoms with Gasteiger partial charge in [0.15, 0.2) is 0 Å². The highest BCUT2D eigenvalue weighted by atomic mass is 32.2. The van der Waals surface area contributed by atoms with Crippen LogP contribution < -0.4 is 14.8 Å². The zero-order valence-corrected chi connectivity index (χ0v) is 14.5. The van der Waals surface area contributed by atoms with Crippen LogP contribution in [0.25, 0.3) is 0 Å². The monoisotopic (exact) mass is 389 g/mol. The third kappa shape index (κ3) is 6.36. The third-order valence-corrected chi connectivity index (χ3v) is 5.84. The van der Waals surface area contributed by atoms with Gasteiger partial charge in [-0.05, 0) is 38.2 Å². The van der Waals surface area contributed by atoms with Crippen molar-refractivity contribution in [3.05, 3.63) is 24.3 Å². The van der Waals surface area contributed by atoms with Crippen molar-refractivity contribution in [1.82, 2.24) is 14.8 Å². The molecule has 0 amide bonds. The summed E-state index contributed by atoms with van der Waals surface area (Å²) in [7, 11) is -6.57. The molecule has 1 aromatic rings. The van der Waals surface area contributed by atoms with Crippen molar-refractivity contribution in [3.63, 3.8) is 0 Å². The summed E-state index contributed by atoms with van der Waals surface area (Å²) in [5.74, 6) is 0. The predicted octanol–water partition coefficient (Wildman–Crippen LogP) is 0.413. The molecule has 12 heteroatoms. The summed E-state index contributed by atoms with van der Waals surface area (Å²) in [5, 5.41) is 2.84. The number of hydrogen-bond acceptors (Lipinski definition) is 5. The lowest BCUT2D eigenvalue weighted by Crippen LogP contribution is -2.37. The minimum atomic E-state index is -4.69. The van der Waals surface area contributed by atoms with E-state index in [9.17, 15) is 30.0 Å². The number of alkyl halides is 3. The van der Waals surface area contributed by atoms with Crippen LogP contribution in [0.4, 0.5) is 13.2 Å². The van der Waals surface area contributed by atoms with Gasteiger partial charge in [0.1, 0.15) is 6.54 Å². The lowest BCUT2D eigenvalue weighted by Gasteiger charge is -2.12. The molecule has 0 aliphatic rings. The van der Waals surface area contributed by atoms with E-state index in [0.717, 1.165) is 24.3 Å². The van der Waals surface area contributed by atoms with Gasteiger partial charge in [-0.25, -0.2) is 26.3 Å². The maximum absolute atomic E-state index is 12.1. The Hall–Kier alpha value is -1.21. The van der Waals surface area contributed by atoms with E-state index >= 15 is 0 Å². The number of rotatable bonds is 8. The SMILES string of the molecule is CNC(C)CNS(=O)(=O)c1ccc(S(=O)(=O)NCC(F)(F)F)cc1. The van der Waals surface area contributed by atoms with Crippen molar-refractivity contribution in [2.75, 3.05) is 20.1 Å². The Morgan fingerprint density at radius 2 is 1.38 bits per heavy atom. The summed E-state index contributed by atoms with van der Waals surface area (Å²) < 4.78 is 87.4. The molecule has 0 aliphatic carbocycles. The summed E-state index contributed by atoms with van der Waals surface area (Å²) in [6.45, 7) is 0.162. The molecule has 7 nitrogen and oxygen atoms in total. The number of halogens is 3. The zero-order valence-electron chi connectivity index (χ0n) is 12.9. The molecule has 1 aromatic carbocycles. The highest BCUT2D eigenvalue weighted by Gasteiger charge is 2.30. The summed E-state index contributed by atoms with van der Waals surface area (Å²) in [4.78, 5) is -0.658. The normalized spacial score (nSPS) is 14.5.